The Kier molecular flexibility index (Phi) is 3.97. The molecule has 1 saturated heterocycles. The van der Waals surface area contributed by atoms with Gasteiger partial charge in [0.05, 0.1) is 0 Å². The minimum absolute atomic E-state index is 0.301. The fourth-order valence-corrected chi connectivity index (χ4v) is 2.41. The first kappa shape index (κ1) is 11.6. The number of nitrogens with two attached hydrogens (primary N) is 1. The van der Waals surface area contributed by atoms with Gasteiger partial charge < -0.3 is 11.1 Å². The lowest BCUT2D eigenvalue weighted by atomic mass is 9.88. The molecule has 1 aromatic carbocycles. The van der Waals surface area contributed by atoms with Crippen LogP contribution in [0.25, 0.3) is 0 Å². The van der Waals surface area contributed by atoms with E-state index in [2.05, 4.69) is 36.5 Å². The van der Waals surface area contributed by atoms with Gasteiger partial charge in [0.25, 0.3) is 0 Å². The van der Waals surface area contributed by atoms with Crippen molar-refractivity contribution in [1.29, 1.82) is 0 Å². The standard InChI is InChI=1S/C14H22N2/c1-11-4-6-12(7-5-11)9-14(15)13-3-2-8-16-10-13/h4-7,13-14,16H,2-3,8-10,15H2,1H3. The van der Waals surface area contributed by atoms with Crippen LogP contribution in [0.3, 0.4) is 0 Å². The number of hydrogen-bond acceptors (Lipinski definition) is 2. The molecule has 1 aromatic rings. The van der Waals surface area contributed by atoms with Crippen molar-refractivity contribution in [2.75, 3.05) is 13.1 Å². The Morgan fingerprint density at radius 3 is 2.75 bits per heavy atom. The SMILES string of the molecule is Cc1ccc(CC(N)C2CCCNC2)cc1. The number of benzene rings is 1. The van der Waals surface area contributed by atoms with Gasteiger partial charge in [-0.25, -0.2) is 0 Å². The summed E-state index contributed by atoms with van der Waals surface area (Å²) in [7, 11) is 0. The largest absolute Gasteiger partial charge is 0.327 e. The van der Waals surface area contributed by atoms with E-state index >= 15 is 0 Å². The molecular weight excluding hydrogens is 196 g/mol. The summed E-state index contributed by atoms with van der Waals surface area (Å²) in [5.74, 6) is 0.648. The summed E-state index contributed by atoms with van der Waals surface area (Å²) in [6.45, 7) is 4.37. The molecule has 0 bridgehead atoms. The summed E-state index contributed by atoms with van der Waals surface area (Å²) < 4.78 is 0. The smallest absolute Gasteiger partial charge is 0.0120 e. The average Bonchev–Trinajstić information content (AvgIpc) is 2.33. The second-order valence-corrected chi connectivity index (χ2v) is 4.96. The Morgan fingerprint density at radius 1 is 1.38 bits per heavy atom. The minimum Gasteiger partial charge on any atom is -0.327 e. The topological polar surface area (TPSA) is 38.0 Å². The molecule has 2 heteroatoms. The Bertz CT molecular complexity index is 312. The zero-order valence-electron chi connectivity index (χ0n) is 10.1. The predicted octanol–water partition coefficient (Wildman–Crippen LogP) is 1.86. The van der Waals surface area contributed by atoms with Gasteiger partial charge in [-0.15, -0.1) is 0 Å². The summed E-state index contributed by atoms with van der Waals surface area (Å²) >= 11 is 0. The molecule has 16 heavy (non-hydrogen) atoms. The quantitative estimate of drug-likeness (QED) is 0.813. The third-order valence-electron chi connectivity index (χ3n) is 3.53. The van der Waals surface area contributed by atoms with Crippen LogP contribution in [0.4, 0.5) is 0 Å². The summed E-state index contributed by atoms with van der Waals surface area (Å²) in [6, 6.07) is 9.04. The predicted molar refractivity (Wildman–Crippen MR) is 68.5 cm³/mol. The molecular formula is C14H22N2. The van der Waals surface area contributed by atoms with Gasteiger partial charge in [-0.3, -0.25) is 0 Å². The van der Waals surface area contributed by atoms with Crippen molar-refractivity contribution in [1.82, 2.24) is 5.32 Å². The zero-order valence-corrected chi connectivity index (χ0v) is 10.1. The molecule has 0 spiro atoms. The van der Waals surface area contributed by atoms with E-state index in [-0.39, 0.29) is 0 Å². The highest BCUT2D eigenvalue weighted by molar-refractivity contribution is 5.22. The van der Waals surface area contributed by atoms with Crippen molar-refractivity contribution in [3.8, 4) is 0 Å². The normalized spacial score (nSPS) is 23.0. The minimum atomic E-state index is 0.301. The maximum Gasteiger partial charge on any atom is 0.0120 e. The summed E-state index contributed by atoms with van der Waals surface area (Å²) in [5, 5.41) is 3.43. The molecule has 1 aliphatic rings. The molecule has 2 atom stereocenters. The van der Waals surface area contributed by atoms with Crippen LogP contribution in [0.15, 0.2) is 24.3 Å². The lowest BCUT2D eigenvalue weighted by Gasteiger charge is -2.28. The molecule has 1 fully saturated rings. The lowest BCUT2D eigenvalue weighted by Crippen LogP contribution is -2.42. The van der Waals surface area contributed by atoms with Gasteiger partial charge in [-0.05, 0) is 50.8 Å². The molecule has 0 radical (unpaired) electrons. The van der Waals surface area contributed by atoms with Crippen LogP contribution in [0.2, 0.25) is 0 Å². The number of hydrogen-bond donors (Lipinski definition) is 2. The number of rotatable bonds is 3. The lowest BCUT2D eigenvalue weighted by molar-refractivity contribution is 0.321. The van der Waals surface area contributed by atoms with Crippen LogP contribution in [0, 0.1) is 12.8 Å². The van der Waals surface area contributed by atoms with Crippen LogP contribution in [-0.4, -0.2) is 19.1 Å². The van der Waals surface area contributed by atoms with Gasteiger partial charge in [0.15, 0.2) is 0 Å². The van der Waals surface area contributed by atoms with Gasteiger partial charge in [0, 0.05) is 6.04 Å². The molecule has 2 nitrogen and oxygen atoms in total. The highest BCUT2D eigenvalue weighted by atomic mass is 14.9. The van der Waals surface area contributed by atoms with Gasteiger partial charge in [-0.1, -0.05) is 29.8 Å². The van der Waals surface area contributed by atoms with E-state index in [9.17, 15) is 0 Å². The Balaban J connectivity index is 1.90. The van der Waals surface area contributed by atoms with Crippen LogP contribution in [-0.2, 0) is 6.42 Å². The third-order valence-corrected chi connectivity index (χ3v) is 3.53. The molecule has 2 rings (SSSR count). The Hall–Kier alpha value is -0.860. The summed E-state index contributed by atoms with van der Waals surface area (Å²) in [5.41, 5.74) is 8.96. The van der Waals surface area contributed by atoms with E-state index in [4.69, 9.17) is 5.73 Å². The van der Waals surface area contributed by atoms with Crippen LogP contribution >= 0.6 is 0 Å². The van der Waals surface area contributed by atoms with Crippen LogP contribution < -0.4 is 11.1 Å². The first-order valence-electron chi connectivity index (χ1n) is 6.27. The van der Waals surface area contributed by atoms with Crippen molar-refractivity contribution in [3.05, 3.63) is 35.4 Å². The molecule has 2 unspecified atom stereocenters. The molecule has 3 N–H and O–H groups in total. The first-order chi connectivity index (χ1) is 7.75. The second kappa shape index (κ2) is 5.46. The molecule has 0 aliphatic carbocycles. The van der Waals surface area contributed by atoms with Gasteiger partial charge >= 0.3 is 0 Å². The second-order valence-electron chi connectivity index (χ2n) is 4.96. The highest BCUT2D eigenvalue weighted by Gasteiger charge is 2.20. The monoisotopic (exact) mass is 218 g/mol. The van der Waals surface area contributed by atoms with Crippen molar-refractivity contribution >= 4 is 0 Å². The zero-order chi connectivity index (χ0) is 11.4. The third kappa shape index (κ3) is 3.06. The maximum absolute atomic E-state index is 6.28. The maximum atomic E-state index is 6.28. The summed E-state index contributed by atoms with van der Waals surface area (Å²) in [6.07, 6.45) is 3.55. The molecule has 88 valence electrons. The average molecular weight is 218 g/mol. The fourth-order valence-electron chi connectivity index (χ4n) is 2.41. The van der Waals surface area contributed by atoms with Crippen molar-refractivity contribution in [2.45, 2.75) is 32.2 Å². The van der Waals surface area contributed by atoms with Crippen LogP contribution in [0.5, 0.6) is 0 Å². The fraction of sp³-hybridized carbons (Fsp3) is 0.571. The van der Waals surface area contributed by atoms with E-state index in [0.29, 0.717) is 12.0 Å². The van der Waals surface area contributed by atoms with E-state index in [1.165, 1.54) is 24.0 Å². The number of aryl methyl sites for hydroxylation is 1. The van der Waals surface area contributed by atoms with E-state index in [1.54, 1.807) is 0 Å². The molecule has 0 aromatic heterocycles. The van der Waals surface area contributed by atoms with E-state index in [1.807, 2.05) is 0 Å². The van der Waals surface area contributed by atoms with Crippen LogP contribution in [0.1, 0.15) is 24.0 Å². The van der Waals surface area contributed by atoms with Gasteiger partial charge in [-0.2, -0.15) is 0 Å². The summed E-state index contributed by atoms with van der Waals surface area (Å²) in [4.78, 5) is 0. The van der Waals surface area contributed by atoms with Gasteiger partial charge in [0.2, 0.25) is 0 Å². The molecule has 0 saturated carbocycles. The number of nitrogens with one attached hydrogen (secondary N) is 1. The van der Waals surface area contributed by atoms with Crippen molar-refractivity contribution < 1.29 is 0 Å². The Morgan fingerprint density at radius 2 is 2.12 bits per heavy atom. The van der Waals surface area contributed by atoms with Crippen molar-refractivity contribution in [2.24, 2.45) is 11.7 Å². The van der Waals surface area contributed by atoms with E-state index in [0.717, 1.165) is 19.5 Å². The van der Waals surface area contributed by atoms with E-state index < -0.39 is 0 Å². The number of piperidine rings is 1. The molecule has 1 heterocycles. The molecule has 0 amide bonds. The molecule has 1 aliphatic heterocycles. The highest BCUT2D eigenvalue weighted by Crippen LogP contribution is 2.16. The van der Waals surface area contributed by atoms with Crippen molar-refractivity contribution in [3.63, 3.8) is 0 Å². The van der Waals surface area contributed by atoms with Gasteiger partial charge in [0.1, 0.15) is 0 Å². The first-order valence-corrected chi connectivity index (χ1v) is 6.27. The Labute approximate surface area is 98.2 Å².